The molecule has 1 aliphatic heterocycles. The van der Waals surface area contributed by atoms with Gasteiger partial charge >= 0.3 is 0 Å². The second-order valence-corrected chi connectivity index (χ2v) is 6.24. The van der Waals surface area contributed by atoms with Crippen LogP contribution in [0.1, 0.15) is 23.2 Å². The molecule has 5 heteroatoms. The van der Waals surface area contributed by atoms with Crippen LogP contribution in [0.15, 0.2) is 24.3 Å². The zero-order valence-electron chi connectivity index (χ0n) is 13.7. The number of carbonyl (C=O) groups excluding carboxylic acids is 2. The molecule has 1 unspecified atom stereocenters. The predicted molar refractivity (Wildman–Crippen MR) is 89.1 cm³/mol. The summed E-state index contributed by atoms with van der Waals surface area (Å²) < 4.78 is 0. The molecule has 0 radical (unpaired) electrons. The van der Waals surface area contributed by atoms with Gasteiger partial charge in [0.05, 0.1) is 18.0 Å². The molecule has 1 aromatic heterocycles. The number of rotatable bonds is 3. The van der Waals surface area contributed by atoms with Gasteiger partial charge in [-0.3, -0.25) is 14.6 Å². The molecular formula is C18H21N3O2. The Hall–Kier alpha value is -2.43. The van der Waals surface area contributed by atoms with Crippen LogP contribution in [0.25, 0.3) is 10.9 Å². The van der Waals surface area contributed by atoms with Gasteiger partial charge in [0.25, 0.3) is 0 Å². The average molecular weight is 311 g/mol. The highest BCUT2D eigenvalue weighted by Gasteiger charge is 2.28. The first-order valence-corrected chi connectivity index (χ1v) is 7.84. The number of likely N-dealkylation sites (N-methyl/N-ethyl adjacent to an activating group) is 1. The summed E-state index contributed by atoms with van der Waals surface area (Å²) in [7, 11) is 1.76. The van der Waals surface area contributed by atoms with E-state index in [0.717, 1.165) is 27.7 Å². The maximum atomic E-state index is 12.4. The third-order valence-corrected chi connectivity index (χ3v) is 4.53. The fourth-order valence-corrected chi connectivity index (χ4v) is 3.23. The van der Waals surface area contributed by atoms with E-state index < -0.39 is 0 Å². The highest BCUT2D eigenvalue weighted by Crippen LogP contribution is 2.23. The van der Waals surface area contributed by atoms with Crippen molar-refractivity contribution in [1.29, 1.82) is 0 Å². The molecule has 23 heavy (non-hydrogen) atoms. The number of nitrogens with one attached hydrogen (secondary N) is 1. The summed E-state index contributed by atoms with van der Waals surface area (Å²) in [6, 6.07) is 7.88. The summed E-state index contributed by atoms with van der Waals surface area (Å²) in [6.45, 7) is 4.56. The number of pyridine rings is 1. The smallest absolute Gasteiger partial charge is 0.224 e. The van der Waals surface area contributed by atoms with Crippen LogP contribution in [0.5, 0.6) is 0 Å². The molecule has 2 aromatic rings. The second-order valence-electron chi connectivity index (χ2n) is 6.24. The van der Waals surface area contributed by atoms with Gasteiger partial charge in [0.15, 0.2) is 0 Å². The molecule has 1 saturated heterocycles. The Morgan fingerprint density at radius 2 is 2.09 bits per heavy atom. The third kappa shape index (κ3) is 3.04. The quantitative estimate of drug-likeness (QED) is 0.939. The van der Waals surface area contributed by atoms with E-state index in [1.165, 1.54) is 0 Å². The van der Waals surface area contributed by atoms with Crippen molar-refractivity contribution >= 4 is 22.7 Å². The van der Waals surface area contributed by atoms with Crippen molar-refractivity contribution in [2.45, 2.75) is 32.7 Å². The zero-order chi connectivity index (χ0) is 16.6. The highest BCUT2D eigenvalue weighted by atomic mass is 16.2. The number of hydrogen-bond donors (Lipinski definition) is 1. The summed E-state index contributed by atoms with van der Waals surface area (Å²) >= 11 is 0. The molecule has 2 heterocycles. The number of hydrogen-bond acceptors (Lipinski definition) is 3. The number of aryl methyl sites for hydroxylation is 2. The van der Waals surface area contributed by atoms with E-state index in [2.05, 4.69) is 10.3 Å². The Morgan fingerprint density at radius 1 is 1.35 bits per heavy atom. The summed E-state index contributed by atoms with van der Waals surface area (Å²) in [5, 5.41) is 4.04. The lowest BCUT2D eigenvalue weighted by atomic mass is 9.99. The zero-order valence-corrected chi connectivity index (χ0v) is 13.7. The first-order chi connectivity index (χ1) is 11.0. The number of likely N-dealkylation sites (tertiary alicyclic amines) is 1. The van der Waals surface area contributed by atoms with Gasteiger partial charge in [-0.05, 0) is 31.0 Å². The van der Waals surface area contributed by atoms with Gasteiger partial charge < -0.3 is 10.2 Å². The Kier molecular flexibility index (Phi) is 4.03. The molecule has 3 rings (SSSR count). The van der Waals surface area contributed by atoms with E-state index in [4.69, 9.17) is 0 Å². The number of benzene rings is 1. The number of nitrogens with zero attached hydrogens (tertiary/aromatic N) is 2. The monoisotopic (exact) mass is 311 g/mol. The Morgan fingerprint density at radius 3 is 2.78 bits per heavy atom. The van der Waals surface area contributed by atoms with E-state index in [1.54, 1.807) is 11.9 Å². The predicted octanol–water partition coefficient (Wildman–Crippen LogP) is 1.74. The number of para-hydroxylation sites is 1. The first-order valence-electron chi connectivity index (χ1n) is 7.84. The molecule has 1 N–H and O–H groups in total. The fraction of sp³-hybridized carbons (Fsp3) is 0.389. The van der Waals surface area contributed by atoms with Crippen molar-refractivity contribution in [2.24, 2.45) is 0 Å². The third-order valence-electron chi connectivity index (χ3n) is 4.53. The standard InChI is InChI=1S/C18H21N3O2/c1-11-14-6-4-5-7-16(14)19-12(2)15(11)9-17(22)20-13-8-18(23)21(3)10-13/h4-7,13H,8-10H2,1-3H3,(H,20,22). The summed E-state index contributed by atoms with van der Waals surface area (Å²) in [6.07, 6.45) is 0.681. The number of fused-ring (bicyclic) bond motifs is 1. The molecule has 0 spiro atoms. The van der Waals surface area contributed by atoms with Crippen molar-refractivity contribution < 1.29 is 9.59 Å². The number of aromatic nitrogens is 1. The lowest BCUT2D eigenvalue weighted by molar-refractivity contribution is -0.126. The van der Waals surface area contributed by atoms with E-state index in [9.17, 15) is 9.59 Å². The van der Waals surface area contributed by atoms with Crippen molar-refractivity contribution in [3.05, 3.63) is 41.1 Å². The van der Waals surface area contributed by atoms with E-state index >= 15 is 0 Å². The van der Waals surface area contributed by atoms with Crippen LogP contribution in [0.3, 0.4) is 0 Å². The molecule has 2 amide bonds. The van der Waals surface area contributed by atoms with Crippen molar-refractivity contribution in [1.82, 2.24) is 15.2 Å². The van der Waals surface area contributed by atoms with Gasteiger partial charge in [-0.15, -0.1) is 0 Å². The minimum Gasteiger partial charge on any atom is -0.351 e. The van der Waals surface area contributed by atoms with Gasteiger partial charge in [0, 0.05) is 31.1 Å². The summed E-state index contributed by atoms with van der Waals surface area (Å²) in [4.78, 5) is 30.2. The molecule has 0 bridgehead atoms. The minimum atomic E-state index is -0.0889. The molecule has 1 aliphatic rings. The molecule has 1 fully saturated rings. The summed E-state index contributed by atoms with van der Waals surface area (Å²) in [5.41, 5.74) is 3.91. The van der Waals surface area contributed by atoms with E-state index in [-0.39, 0.29) is 17.9 Å². The van der Waals surface area contributed by atoms with Crippen LogP contribution in [0.4, 0.5) is 0 Å². The van der Waals surface area contributed by atoms with Gasteiger partial charge in [0.2, 0.25) is 11.8 Å². The molecule has 1 aromatic carbocycles. The van der Waals surface area contributed by atoms with Crippen LogP contribution < -0.4 is 5.32 Å². The lowest BCUT2D eigenvalue weighted by Crippen LogP contribution is -2.37. The molecule has 0 saturated carbocycles. The average Bonchev–Trinajstić information content (AvgIpc) is 2.81. The van der Waals surface area contributed by atoms with Crippen LogP contribution in [-0.4, -0.2) is 41.3 Å². The molecule has 120 valence electrons. The maximum absolute atomic E-state index is 12.4. The summed E-state index contributed by atoms with van der Waals surface area (Å²) in [5.74, 6) is 0.0245. The SMILES string of the molecule is Cc1nc2ccccc2c(C)c1CC(=O)NC1CC(=O)N(C)C1. The normalized spacial score (nSPS) is 17.8. The van der Waals surface area contributed by atoms with Gasteiger partial charge in [0.1, 0.15) is 0 Å². The fourth-order valence-electron chi connectivity index (χ4n) is 3.23. The van der Waals surface area contributed by atoms with Gasteiger partial charge in [-0.1, -0.05) is 18.2 Å². The van der Waals surface area contributed by atoms with Crippen molar-refractivity contribution in [3.63, 3.8) is 0 Å². The minimum absolute atomic E-state index is 0.0543. The van der Waals surface area contributed by atoms with Gasteiger partial charge in [-0.2, -0.15) is 0 Å². The Bertz CT molecular complexity index is 785. The largest absolute Gasteiger partial charge is 0.351 e. The Labute approximate surface area is 135 Å². The van der Waals surface area contributed by atoms with E-state index in [0.29, 0.717) is 19.4 Å². The second kappa shape index (κ2) is 5.99. The molecule has 0 aliphatic carbocycles. The molecule has 5 nitrogen and oxygen atoms in total. The molecular weight excluding hydrogens is 290 g/mol. The van der Waals surface area contributed by atoms with E-state index in [1.807, 2.05) is 38.1 Å². The van der Waals surface area contributed by atoms with Crippen LogP contribution in [0, 0.1) is 13.8 Å². The number of carbonyl (C=O) groups is 2. The molecule has 1 atom stereocenters. The van der Waals surface area contributed by atoms with Crippen LogP contribution in [0.2, 0.25) is 0 Å². The van der Waals surface area contributed by atoms with Crippen LogP contribution in [-0.2, 0) is 16.0 Å². The first kappa shape index (κ1) is 15.5. The van der Waals surface area contributed by atoms with Crippen molar-refractivity contribution in [3.8, 4) is 0 Å². The van der Waals surface area contributed by atoms with Crippen molar-refractivity contribution in [2.75, 3.05) is 13.6 Å². The topological polar surface area (TPSA) is 62.3 Å². The Balaban J connectivity index is 1.78. The lowest BCUT2D eigenvalue weighted by Gasteiger charge is -2.15. The van der Waals surface area contributed by atoms with Gasteiger partial charge in [-0.25, -0.2) is 0 Å². The maximum Gasteiger partial charge on any atom is 0.224 e. The number of amides is 2. The highest BCUT2D eigenvalue weighted by molar-refractivity contribution is 5.87. The van der Waals surface area contributed by atoms with Crippen LogP contribution >= 0.6 is 0 Å².